The van der Waals surface area contributed by atoms with Crippen LogP contribution in [0, 0.1) is 15.3 Å². The van der Waals surface area contributed by atoms with E-state index in [1.165, 1.54) is 0 Å². The molecule has 2 rings (SSSR count). The van der Waals surface area contributed by atoms with Gasteiger partial charge in [0.2, 0.25) is 5.95 Å². The molecule has 0 aromatic carbocycles. The summed E-state index contributed by atoms with van der Waals surface area (Å²) in [7, 11) is 0. The zero-order valence-corrected chi connectivity index (χ0v) is 8.65. The number of rotatable bonds is 1. The van der Waals surface area contributed by atoms with Gasteiger partial charge in [-0.3, -0.25) is 0 Å². The van der Waals surface area contributed by atoms with Crippen LogP contribution >= 0.6 is 0 Å². The van der Waals surface area contributed by atoms with Gasteiger partial charge in [0.15, 0.2) is 0 Å². The summed E-state index contributed by atoms with van der Waals surface area (Å²) in [5, 5.41) is 17.1. The summed E-state index contributed by atoms with van der Waals surface area (Å²) in [6.07, 6.45) is 3.58. The molecule has 0 aliphatic carbocycles. The molecule has 0 atom stereocenters. The topological polar surface area (TPSA) is 112 Å². The van der Waals surface area contributed by atoms with Crippen LogP contribution in [0.25, 0.3) is 0 Å². The van der Waals surface area contributed by atoms with Crippen LogP contribution in [0.4, 0.5) is 5.95 Å². The second kappa shape index (κ2) is 6.51. The number of nitrogens with two attached hydrogens (primary N) is 1. The molecule has 8 heteroatoms. The molecule has 1 fully saturated rings. The fourth-order valence-corrected chi connectivity index (χ4v) is 1.40. The average Bonchev–Trinajstić information content (AvgIpc) is 2.31. The number of piperazine rings is 1. The van der Waals surface area contributed by atoms with Crippen LogP contribution in [0.5, 0.6) is 0 Å². The highest BCUT2D eigenvalue weighted by atomic mass is 16.9. The molecule has 1 aromatic heterocycles. The van der Waals surface area contributed by atoms with Gasteiger partial charge in [-0.25, -0.2) is 9.97 Å². The first-order valence-corrected chi connectivity index (χ1v) is 4.85. The van der Waals surface area contributed by atoms with E-state index >= 15 is 0 Å². The van der Waals surface area contributed by atoms with Gasteiger partial charge in [0.05, 0.1) is 31.3 Å². The highest BCUT2D eigenvalue weighted by Gasteiger charge is 2.13. The van der Waals surface area contributed by atoms with Crippen LogP contribution in [-0.4, -0.2) is 41.2 Å². The zero-order chi connectivity index (χ0) is 11.8. The molecule has 0 radical (unpaired) electrons. The summed E-state index contributed by atoms with van der Waals surface area (Å²) in [5.74, 6) is 0.866. The predicted molar refractivity (Wildman–Crippen MR) is 56.3 cm³/mol. The lowest BCUT2D eigenvalue weighted by Gasteiger charge is -2.24. The van der Waals surface area contributed by atoms with Crippen molar-refractivity contribution in [3.05, 3.63) is 33.8 Å². The Bertz CT molecular complexity index is 311. The highest BCUT2D eigenvalue weighted by molar-refractivity contribution is 5.28. The zero-order valence-electron chi connectivity index (χ0n) is 8.65. The van der Waals surface area contributed by atoms with Crippen LogP contribution in [0.1, 0.15) is 0 Å². The lowest BCUT2D eigenvalue weighted by atomic mass is 10.4. The normalized spacial score (nSPS) is 14.9. The van der Waals surface area contributed by atoms with Crippen molar-refractivity contribution in [1.82, 2.24) is 9.97 Å². The predicted octanol–water partition coefficient (Wildman–Crippen LogP) is -1.38. The Morgan fingerprint density at radius 3 is 2.25 bits per heavy atom. The SMILES string of the molecule is O=[N+]([O-])[O-].c1cnc(N2CC[NH2+]CC2)nc1. The molecule has 0 spiro atoms. The number of anilines is 1. The minimum atomic E-state index is -1.75. The summed E-state index contributed by atoms with van der Waals surface area (Å²) in [6.45, 7) is 4.42. The van der Waals surface area contributed by atoms with Gasteiger partial charge < -0.3 is 25.5 Å². The summed E-state index contributed by atoms with van der Waals surface area (Å²) in [5.41, 5.74) is 0. The van der Waals surface area contributed by atoms with Crippen molar-refractivity contribution in [3.63, 3.8) is 0 Å². The lowest BCUT2D eigenvalue weighted by Crippen LogP contribution is -2.89. The third-order valence-electron chi connectivity index (χ3n) is 2.04. The number of hydrogen-bond acceptors (Lipinski definition) is 6. The smallest absolute Gasteiger partial charge is 0.225 e. The Labute approximate surface area is 92.0 Å². The maximum Gasteiger partial charge on any atom is 0.225 e. The van der Waals surface area contributed by atoms with E-state index in [9.17, 15) is 0 Å². The molecule has 0 unspecified atom stereocenters. The quantitative estimate of drug-likeness (QED) is 0.467. The Morgan fingerprint density at radius 1 is 1.25 bits per heavy atom. The molecule has 0 amide bonds. The highest BCUT2D eigenvalue weighted by Crippen LogP contribution is 2.03. The van der Waals surface area contributed by atoms with Gasteiger partial charge in [-0.2, -0.15) is 0 Å². The minimum Gasteiger partial charge on any atom is -0.356 e. The van der Waals surface area contributed by atoms with Crippen molar-refractivity contribution in [3.8, 4) is 0 Å². The van der Waals surface area contributed by atoms with E-state index in [2.05, 4.69) is 20.2 Å². The Hall–Kier alpha value is -1.96. The number of aromatic nitrogens is 2. The fraction of sp³-hybridized carbons (Fsp3) is 0.500. The van der Waals surface area contributed by atoms with Gasteiger partial charge in [0.1, 0.15) is 0 Å². The van der Waals surface area contributed by atoms with Crippen LogP contribution in [0.3, 0.4) is 0 Å². The van der Waals surface area contributed by atoms with Crippen molar-refractivity contribution in [1.29, 1.82) is 0 Å². The molecule has 1 aliphatic heterocycles. The van der Waals surface area contributed by atoms with E-state index in [-0.39, 0.29) is 0 Å². The van der Waals surface area contributed by atoms with Gasteiger partial charge >= 0.3 is 0 Å². The van der Waals surface area contributed by atoms with Crippen LogP contribution < -0.4 is 10.2 Å². The van der Waals surface area contributed by atoms with Crippen LogP contribution in [-0.2, 0) is 0 Å². The Kier molecular flexibility index (Phi) is 4.93. The number of hydrogen-bond donors (Lipinski definition) is 1. The third-order valence-corrected chi connectivity index (χ3v) is 2.04. The average molecular weight is 227 g/mol. The van der Waals surface area contributed by atoms with Crippen molar-refractivity contribution in [2.24, 2.45) is 0 Å². The van der Waals surface area contributed by atoms with E-state index in [4.69, 9.17) is 15.3 Å². The summed E-state index contributed by atoms with van der Waals surface area (Å²) >= 11 is 0. The Morgan fingerprint density at radius 2 is 1.75 bits per heavy atom. The van der Waals surface area contributed by atoms with E-state index in [1.54, 1.807) is 12.4 Å². The van der Waals surface area contributed by atoms with Gasteiger partial charge in [0, 0.05) is 12.4 Å². The van der Waals surface area contributed by atoms with Gasteiger partial charge in [0.25, 0.3) is 0 Å². The molecule has 0 bridgehead atoms. The standard InChI is InChI=1S/C8H12N4.NO3/c1-2-10-8(11-3-1)12-6-4-9-5-7-12;2-1(3)4/h1-3,9H,4-7H2;/q;-1/p+1. The van der Waals surface area contributed by atoms with Crippen molar-refractivity contribution in [2.45, 2.75) is 0 Å². The minimum absolute atomic E-state index is 0.866. The van der Waals surface area contributed by atoms with Gasteiger partial charge in [-0.05, 0) is 6.07 Å². The lowest BCUT2D eigenvalue weighted by molar-refractivity contribution is -0.655. The second-order valence-corrected chi connectivity index (χ2v) is 3.13. The van der Waals surface area contributed by atoms with Crippen molar-refractivity contribution >= 4 is 5.95 Å². The van der Waals surface area contributed by atoms with Gasteiger partial charge in [-0.1, -0.05) is 0 Å². The fourth-order valence-electron chi connectivity index (χ4n) is 1.40. The first-order valence-electron chi connectivity index (χ1n) is 4.85. The van der Waals surface area contributed by atoms with Crippen molar-refractivity contribution < 1.29 is 10.4 Å². The number of nitrogens with zero attached hydrogens (tertiary/aromatic N) is 4. The van der Waals surface area contributed by atoms with E-state index < -0.39 is 5.09 Å². The molecule has 2 N–H and O–H groups in total. The molecule has 1 saturated heterocycles. The first-order chi connectivity index (χ1) is 7.70. The summed E-state index contributed by atoms with van der Waals surface area (Å²) in [4.78, 5) is 18.9. The molecule has 16 heavy (non-hydrogen) atoms. The summed E-state index contributed by atoms with van der Waals surface area (Å²) in [6, 6.07) is 1.85. The van der Waals surface area contributed by atoms with Crippen LogP contribution in [0.2, 0.25) is 0 Å². The maximum absolute atomic E-state index is 8.25. The molecule has 0 saturated carbocycles. The molecule has 1 aromatic rings. The molecule has 88 valence electrons. The van der Waals surface area contributed by atoms with Crippen molar-refractivity contribution in [2.75, 3.05) is 31.1 Å². The molecular formula is C8H13N5O3. The van der Waals surface area contributed by atoms with E-state index in [1.807, 2.05) is 6.07 Å². The molecule has 8 nitrogen and oxygen atoms in total. The molecule has 2 heterocycles. The molecule has 1 aliphatic rings. The van der Waals surface area contributed by atoms with E-state index in [0.29, 0.717) is 0 Å². The Balaban J connectivity index is 0.000000280. The summed E-state index contributed by atoms with van der Waals surface area (Å²) < 4.78 is 0. The maximum atomic E-state index is 8.25. The number of quaternary nitrogens is 1. The largest absolute Gasteiger partial charge is 0.356 e. The molecular weight excluding hydrogens is 214 g/mol. The van der Waals surface area contributed by atoms with Crippen LogP contribution in [0.15, 0.2) is 18.5 Å². The van der Waals surface area contributed by atoms with E-state index in [0.717, 1.165) is 32.1 Å². The second-order valence-electron chi connectivity index (χ2n) is 3.13. The monoisotopic (exact) mass is 227 g/mol. The van der Waals surface area contributed by atoms with Gasteiger partial charge in [-0.15, -0.1) is 0 Å². The first kappa shape index (κ1) is 12.1. The third kappa shape index (κ3) is 4.51.